The van der Waals surface area contributed by atoms with Crippen molar-refractivity contribution >= 4 is 5.91 Å². The maximum atomic E-state index is 14.0. The predicted molar refractivity (Wildman–Crippen MR) is 143 cm³/mol. The van der Waals surface area contributed by atoms with E-state index in [0.29, 0.717) is 32.9 Å². The van der Waals surface area contributed by atoms with E-state index in [1.165, 1.54) is 5.56 Å². The SMILES string of the molecule is COCCCc1cc(CN(C(=O)C2CNCC[C@@H]2c2ccn(C)c(=O)c2)C2CC2)cc(OCCOC)c1. The van der Waals surface area contributed by atoms with Crippen LogP contribution >= 0.6 is 0 Å². The van der Waals surface area contributed by atoms with Gasteiger partial charge in [0.1, 0.15) is 12.4 Å². The number of piperidine rings is 1. The number of rotatable bonds is 13. The van der Waals surface area contributed by atoms with Gasteiger partial charge in [-0.2, -0.15) is 0 Å². The van der Waals surface area contributed by atoms with Crippen molar-refractivity contribution in [3.05, 3.63) is 63.6 Å². The summed E-state index contributed by atoms with van der Waals surface area (Å²) in [5.41, 5.74) is 3.19. The lowest BCUT2D eigenvalue weighted by Crippen LogP contribution is -2.47. The van der Waals surface area contributed by atoms with Gasteiger partial charge in [-0.3, -0.25) is 9.59 Å². The minimum atomic E-state index is -0.191. The van der Waals surface area contributed by atoms with Gasteiger partial charge in [-0.15, -0.1) is 0 Å². The summed E-state index contributed by atoms with van der Waals surface area (Å²) in [7, 11) is 5.13. The summed E-state index contributed by atoms with van der Waals surface area (Å²) in [5, 5.41) is 3.42. The van der Waals surface area contributed by atoms with E-state index in [2.05, 4.69) is 28.4 Å². The molecule has 1 saturated heterocycles. The van der Waals surface area contributed by atoms with Gasteiger partial charge in [0.2, 0.25) is 5.91 Å². The maximum absolute atomic E-state index is 14.0. The number of hydrogen-bond acceptors (Lipinski definition) is 6. The van der Waals surface area contributed by atoms with Crippen LogP contribution in [0.5, 0.6) is 5.75 Å². The van der Waals surface area contributed by atoms with Crippen LogP contribution < -0.4 is 15.6 Å². The van der Waals surface area contributed by atoms with Gasteiger partial charge >= 0.3 is 0 Å². The fourth-order valence-corrected chi connectivity index (χ4v) is 5.21. The number of nitrogens with one attached hydrogen (secondary N) is 1. The molecular formula is C29H41N3O5. The first-order valence-corrected chi connectivity index (χ1v) is 13.4. The predicted octanol–water partition coefficient (Wildman–Crippen LogP) is 2.87. The lowest BCUT2D eigenvalue weighted by molar-refractivity contribution is -0.138. The van der Waals surface area contributed by atoms with Crippen molar-refractivity contribution in [2.75, 3.05) is 47.1 Å². The van der Waals surface area contributed by atoms with Crippen molar-refractivity contribution < 1.29 is 19.0 Å². The Morgan fingerprint density at radius 1 is 1.05 bits per heavy atom. The second-order valence-corrected chi connectivity index (χ2v) is 10.2. The summed E-state index contributed by atoms with van der Waals surface area (Å²) in [6.45, 7) is 3.74. The third kappa shape index (κ3) is 7.43. The third-order valence-corrected chi connectivity index (χ3v) is 7.38. The average Bonchev–Trinajstić information content (AvgIpc) is 3.74. The second kappa shape index (κ2) is 13.2. The van der Waals surface area contributed by atoms with E-state index in [1.807, 2.05) is 6.07 Å². The summed E-state index contributed by atoms with van der Waals surface area (Å²) in [5.74, 6) is 0.829. The fraction of sp³-hybridized carbons (Fsp3) is 0.586. The number of aromatic nitrogens is 1. The van der Waals surface area contributed by atoms with Gasteiger partial charge < -0.3 is 29.0 Å². The number of hydrogen-bond donors (Lipinski definition) is 1. The summed E-state index contributed by atoms with van der Waals surface area (Å²) in [6.07, 6.45) is 6.53. The van der Waals surface area contributed by atoms with Crippen molar-refractivity contribution in [2.45, 2.75) is 50.6 Å². The number of carbonyl (C=O) groups is 1. The zero-order chi connectivity index (χ0) is 26.2. The molecule has 0 bridgehead atoms. The fourth-order valence-electron chi connectivity index (χ4n) is 5.21. The van der Waals surface area contributed by atoms with E-state index >= 15 is 0 Å². The third-order valence-electron chi connectivity index (χ3n) is 7.38. The Kier molecular flexibility index (Phi) is 9.77. The molecular weight excluding hydrogens is 470 g/mol. The van der Waals surface area contributed by atoms with E-state index in [-0.39, 0.29) is 29.3 Å². The molecule has 1 aliphatic heterocycles. The first kappa shape index (κ1) is 27.4. The molecule has 8 heteroatoms. The minimum Gasteiger partial charge on any atom is -0.491 e. The van der Waals surface area contributed by atoms with Crippen LogP contribution in [0.25, 0.3) is 0 Å². The normalized spacial score (nSPS) is 19.5. The number of amides is 1. The largest absolute Gasteiger partial charge is 0.491 e. The highest BCUT2D eigenvalue weighted by molar-refractivity contribution is 5.81. The lowest BCUT2D eigenvalue weighted by Gasteiger charge is -2.36. The molecule has 8 nitrogen and oxygen atoms in total. The molecule has 0 spiro atoms. The highest BCUT2D eigenvalue weighted by atomic mass is 16.5. The average molecular weight is 512 g/mol. The zero-order valence-electron chi connectivity index (χ0n) is 22.4. The molecule has 1 unspecified atom stereocenters. The molecule has 4 rings (SSSR count). The molecule has 1 aliphatic carbocycles. The van der Waals surface area contributed by atoms with Crippen LogP contribution in [0.4, 0.5) is 0 Å². The Bertz CT molecular complexity index is 1070. The van der Waals surface area contributed by atoms with Crippen LogP contribution in [-0.2, 0) is 34.3 Å². The van der Waals surface area contributed by atoms with Gasteiger partial charge in [-0.25, -0.2) is 0 Å². The van der Waals surface area contributed by atoms with Gasteiger partial charge in [0.15, 0.2) is 0 Å². The number of carbonyl (C=O) groups excluding carboxylic acids is 1. The van der Waals surface area contributed by atoms with E-state index in [9.17, 15) is 9.59 Å². The second-order valence-electron chi connectivity index (χ2n) is 10.2. The van der Waals surface area contributed by atoms with Crippen LogP contribution in [0.2, 0.25) is 0 Å². The zero-order valence-corrected chi connectivity index (χ0v) is 22.4. The van der Waals surface area contributed by atoms with E-state index in [4.69, 9.17) is 14.2 Å². The molecule has 2 fully saturated rings. The Morgan fingerprint density at radius 3 is 2.57 bits per heavy atom. The quantitative estimate of drug-likeness (QED) is 0.417. The minimum absolute atomic E-state index is 0.0347. The van der Waals surface area contributed by atoms with Crippen LogP contribution in [0.1, 0.15) is 48.3 Å². The van der Waals surface area contributed by atoms with Crippen molar-refractivity contribution in [1.82, 2.24) is 14.8 Å². The molecule has 2 aliphatic rings. The monoisotopic (exact) mass is 511 g/mol. The van der Waals surface area contributed by atoms with Crippen LogP contribution in [0.15, 0.2) is 41.3 Å². The first-order chi connectivity index (χ1) is 18.0. The van der Waals surface area contributed by atoms with Crippen molar-refractivity contribution in [2.24, 2.45) is 13.0 Å². The number of nitrogens with zero attached hydrogens (tertiary/aromatic N) is 2. The Balaban J connectivity index is 1.55. The molecule has 2 heterocycles. The highest BCUT2D eigenvalue weighted by Crippen LogP contribution is 2.36. The van der Waals surface area contributed by atoms with E-state index in [1.54, 1.807) is 38.1 Å². The topological polar surface area (TPSA) is 82.0 Å². The van der Waals surface area contributed by atoms with E-state index in [0.717, 1.165) is 55.5 Å². The van der Waals surface area contributed by atoms with Crippen LogP contribution in [0, 0.1) is 5.92 Å². The highest BCUT2D eigenvalue weighted by Gasteiger charge is 2.40. The number of methoxy groups -OCH3 is 2. The Hall–Kier alpha value is -2.68. The number of benzene rings is 1. The lowest BCUT2D eigenvalue weighted by atomic mass is 9.80. The number of ether oxygens (including phenoxy) is 3. The Labute approximate surface area is 219 Å². The van der Waals surface area contributed by atoms with E-state index < -0.39 is 0 Å². The number of aryl methyl sites for hydroxylation is 2. The molecule has 0 radical (unpaired) electrons. The smallest absolute Gasteiger partial charge is 0.250 e. The molecule has 1 N–H and O–H groups in total. The molecule has 202 valence electrons. The molecule has 1 aromatic carbocycles. The van der Waals surface area contributed by atoms with Gasteiger partial charge in [0.05, 0.1) is 12.5 Å². The summed E-state index contributed by atoms with van der Waals surface area (Å²) in [6, 6.07) is 10.3. The molecule has 2 atom stereocenters. The Morgan fingerprint density at radius 2 is 1.84 bits per heavy atom. The maximum Gasteiger partial charge on any atom is 0.250 e. The van der Waals surface area contributed by atoms with Gasteiger partial charge in [0.25, 0.3) is 5.56 Å². The van der Waals surface area contributed by atoms with Crippen LogP contribution in [-0.4, -0.2) is 68.5 Å². The van der Waals surface area contributed by atoms with Crippen molar-refractivity contribution in [3.8, 4) is 5.75 Å². The molecule has 1 aromatic heterocycles. The molecule has 1 saturated carbocycles. The first-order valence-electron chi connectivity index (χ1n) is 13.4. The summed E-state index contributed by atoms with van der Waals surface area (Å²) in [4.78, 5) is 28.4. The summed E-state index contributed by atoms with van der Waals surface area (Å²) < 4.78 is 17.9. The number of pyridine rings is 1. The molecule has 2 aromatic rings. The molecule has 1 amide bonds. The standard InChI is InChI=1S/C29H41N3O5/c1-31-11-9-23(18-28(31)33)26-8-10-30-19-27(26)29(34)32(24-6-7-24)20-22-15-21(5-4-12-35-2)16-25(17-22)37-14-13-36-3/h9,11,15-18,24,26-27,30H,4-8,10,12-14,19-20H2,1-3H3/t26-,27?/m1/s1. The van der Waals surface area contributed by atoms with Gasteiger partial charge in [-0.1, -0.05) is 6.07 Å². The summed E-state index contributed by atoms with van der Waals surface area (Å²) >= 11 is 0. The van der Waals surface area contributed by atoms with Gasteiger partial charge in [0, 0.05) is 59.3 Å². The van der Waals surface area contributed by atoms with Crippen molar-refractivity contribution in [3.63, 3.8) is 0 Å². The van der Waals surface area contributed by atoms with Gasteiger partial charge in [-0.05, 0) is 79.5 Å². The molecule has 37 heavy (non-hydrogen) atoms. The van der Waals surface area contributed by atoms with Crippen molar-refractivity contribution in [1.29, 1.82) is 0 Å². The van der Waals surface area contributed by atoms with Crippen LogP contribution in [0.3, 0.4) is 0 Å².